The smallest absolute Gasteiger partial charge is 0.337 e. The van der Waals surface area contributed by atoms with Gasteiger partial charge in [0.15, 0.2) is 5.76 Å². The Hall–Kier alpha value is -3.18. The third kappa shape index (κ3) is 3.73. The Morgan fingerprint density at radius 3 is 2.65 bits per heavy atom. The van der Waals surface area contributed by atoms with Gasteiger partial charge >= 0.3 is 5.97 Å². The summed E-state index contributed by atoms with van der Waals surface area (Å²) >= 11 is 0. The van der Waals surface area contributed by atoms with Gasteiger partial charge in [-0.05, 0) is 30.7 Å². The second-order valence-corrected chi connectivity index (χ2v) is 5.70. The van der Waals surface area contributed by atoms with Crippen molar-refractivity contribution in [2.45, 2.75) is 6.92 Å². The highest BCUT2D eigenvalue weighted by atomic mass is 16.6. The number of carbonyl (C=O) groups excluding carboxylic acids is 2. The predicted octanol–water partition coefficient (Wildman–Crippen LogP) is 3.72. The first-order valence-corrected chi connectivity index (χ1v) is 8.09. The first-order valence-electron chi connectivity index (χ1n) is 8.09. The van der Waals surface area contributed by atoms with Crippen LogP contribution in [0.4, 0.5) is 0 Å². The van der Waals surface area contributed by atoms with Crippen molar-refractivity contribution in [1.82, 2.24) is 0 Å². The number of benzene rings is 2. The average Bonchev–Trinajstić information content (AvgIpc) is 2.96. The van der Waals surface area contributed by atoms with E-state index >= 15 is 0 Å². The fourth-order valence-electron chi connectivity index (χ4n) is 2.57. The largest absolute Gasteiger partial charge is 0.452 e. The molecule has 0 saturated carbocycles. The molecule has 5 nitrogen and oxygen atoms in total. The molecule has 0 amide bonds. The SMILES string of the molecule is COCC(=O)Oc1ccc2c(c1C)O/C(=C\C=C\c1ccccc1)C2=O. The maximum atomic E-state index is 12.5. The number of allylic oxidation sites excluding steroid dienone is 3. The fraction of sp³-hybridized carbons (Fsp3) is 0.143. The molecule has 0 aliphatic carbocycles. The normalized spacial score (nSPS) is 14.5. The summed E-state index contributed by atoms with van der Waals surface area (Å²) in [6.07, 6.45) is 5.28. The van der Waals surface area contributed by atoms with Gasteiger partial charge in [-0.3, -0.25) is 4.79 Å². The summed E-state index contributed by atoms with van der Waals surface area (Å²) in [7, 11) is 1.42. The molecule has 0 atom stereocenters. The third-order valence-corrected chi connectivity index (χ3v) is 3.86. The lowest BCUT2D eigenvalue weighted by molar-refractivity contribution is -0.138. The molecule has 1 aliphatic rings. The van der Waals surface area contributed by atoms with Crippen LogP contribution in [0.15, 0.2) is 60.4 Å². The van der Waals surface area contributed by atoms with Gasteiger partial charge in [-0.1, -0.05) is 42.5 Å². The zero-order chi connectivity index (χ0) is 18.5. The summed E-state index contributed by atoms with van der Waals surface area (Å²) < 4.78 is 15.7. The van der Waals surface area contributed by atoms with E-state index in [1.165, 1.54) is 7.11 Å². The minimum absolute atomic E-state index is 0.147. The van der Waals surface area contributed by atoms with Gasteiger partial charge in [0.1, 0.15) is 18.1 Å². The van der Waals surface area contributed by atoms with Gasteiger partial charge in [0.2, 0.25) is 5.78 Å². The minimum Gasteiger partial charge on any atom is -0.452 e. The van der Waals surface area contributed by atoms with Crippen LogP contribution in [0, 0.1) is 6.92 Å². The molecule has 2 aromatic carbocycles. The Kier molecular flexibility index (Phi) is 5.29. The summed E-state index contributed by atoms with van der Waals surface area (Å²) in [6.45, 7) is 1.59. The molecule has 0 spiro atoms. The molecule has 132 valence electrons. The molecule has 2 aromatic rings. The number of fused-ring (bicyclic) bond motifs is 1. The summed E-state index contributed by atoms with van der Waals surface area (Å²) in [6, 6.07) is 12.9. The van der Waals surface area contributed by atoms with E-state index < -0.39 is 5.97 Å². The van der Waals surface area contributed by atoms with Gasteiger partial charge in [0, 0.05) is 12.7 Å². The van der Waals surface area contributed by atoms with E-state index in [9.17, 15) is 9.59 Å². The van der Waals surface area contributed by atoms with Crippen molar-refractivity contribution in [3.63, 3.8) is 0 Å². The highest BCUT2D eigenvalue weighted by molar-refractivity contribution is 6.13. The second kappa shape index (κ2) is 7.80. The molecule has 1 heterocycles. The van der Waals surface area contributed by atoms with Crippen LogP contribution in [-0.4, -0.2) is 25.5 Å². The molecule has 3 rings (SSSR count). The Morgan fingerprint density at radius 2 is 1.92 bits per heavy atom. The molecule has 0 aromatic heterocycles. The topological polar surface area (TPSA) is 61.8 Å². The molecular weight excluding hydrogens is 332 g/mol. The van der Waals surface area contributed by atoms with Crippen molar-refractivity contribution >= 4 is 17.8 Å². The van der Waals surface area contributed by atoms with Crippen LogP contribution in [0.3, 0.4) is 0 Å². The van der Waals surface area contributed by atoms with Crippen molar-refractivity contribution < 1.29 is 23.8 Å². The van der Waals surface area contributed by atoms with Crippen LogP contribution in [0.1, 0.15) is 21.5 Å². The first-order chi connectivity index (χ1) is 12.6. The van der Waals surface area contributed by atoms with Gasteiger partial charge in [0.25, 0.3) is 0 Å². The molecule has 0 radical (unpaired) electrons. The van der Waals surface area contributed by atoms with Gasteiger partial charge in [-0.15, -0.1) is 0 Å². The molecule has 26 heavy (non-hydrogen) atoms. The number of hydrogen-bond donors (Lipinski definition) is 0. The Bertz CT molecular complexity index is 894. The Balaban J connectivity index is 1.80. The van der Waals surface area contributed by atoms with Crippen molar-refractivity contribution in [3.8, 4) is 11.5 Å². The number of methoxy groups -OCH3 is 1. The predicted molar refractivity (Wildman–Crippen MR) is 97.2 cm³/mol. The molecule has 0 saturated heterocycles. The molecular formula is C21H18O5. The monoisotopic (exact) mass is 350 g/mol. The van der Waals surface area contributed by atoms with Gasteiger partial charge in [-0.2, -0.15) is 0 Å². The van der Waals surface area contributed by atoms with Crippen molar-refractivity contribution in [3.05, 3.63) is 77.1 Å². The lowest BCUT2D eigenvalue weighted by Gasteiger charge is -2.09. The first kappa shape index (κ1) is 17.6. The van der Waals surface area contributed by atoms with Crippen LogP contribution in [-0.2, 0) is 9.53 Å². The molecule has 0 bridgehead atoms. The van der Waals surface area contributed by atoms with Crippen molar-refractivity contribution in [2.75, 3.05) is 13.7 Å². The number of rotatable bonds is 5. The van der Waals surface area contributed by atoms with E-state index in [2.05, 4.69) is 0 Å². The number of ketones is 1. The summed E-state index contributed by atoms with van der Waals surface area (Å²) in [5, 5.41) is 0. The molecule has 0 unspecified atom stereocenters. The maximum absolute atomic E-state index is 12.5. The van der Waals surface area contributed by atoms with E-state index in [-0.39, 0.29) is 18.1 Å². The van der Waals surface area contributed by atoms with E-state index in [1.807, 2.05) is 36.4 Å². The Morgan fingerprint density at radius 1 is 1.15 bits per heavy atom. The lowest BCUT2D eigenvalue weighted by atomic mass is 10.1. The number of Topliss-reactive ketones (excluding diaryl/α,β-unsaturated/α-hetero) is 1. The molecule has 5 heteroatoms. The Labute approximate surface area is 151 Å². The zero-order valence-electron chi connectivity index (χ0n) is 14.5. The highest BCUT2D eigenvalue weighted by Gasteiger charge is 2.30. The summed E-state index contributed by atoms with van der Waals surface area (Å²) in [4.78, 5) is 24.1. The van der Waals surface area contributed by atoms with Crippen LogP contribution in [0.5, 0.6) is 11.5 Å². The molecule has 0 N–H and O–H groups in total. The van der Waals surface area contributed by atoms with Crippen LogP contribution < -0.4 is 9.47 Å². The van der Waals surface area contributed by atoms with E-state index in [1.54, 1.807) is 31.2 Å². The number of hydrogen-bond acceptors (Lipinski definition) is 5. The standard InChI is InChI=1S/C21H18O5/c1-14-17(25-19(22)13-24-2)12-11-16-20(23)18(26-21(14)16)10-6-9-15-7-4-3-5-8-15/h3-12H,13H2,1-2H3/b9-6+,18-10-. The van der Waals surface area contributed by atoms with Crippen molar-refractivity contribution in [1.29, 1.82) is 0 Å². The highest BCUT2D eigenvalue weighted by Crippen LogP contribution is 2.38. The molecule has 0 fully saturated rings. The molecule has 1 aliphatic heterocycles. The average molecular weight is 350 g/mol. The summed E-state index contributed by atoms with van der Waals surface area (Å²) in [5.74, 6) is 0.282. The lowest BCUT2D eigenvalue weighted by Crippen LogP contribution is -2.14. The number of ether oxygens (including phenoxy) is 3. The second-order valence-electron chi connectivity index (χ2n) is 5.70. The third-order valence-electron chi connectivity index (χ3n) is 3.86. The number of carbonyl (C=O) groups is 2. The van der Waals surface area contributed by atoms with Crippen LogP contribution in [0.25, 0.3) is 6.08 Å². The van der Waals surface area contributed by atoms with Gasteiger partial charge in [-0.25, -0.2) is 4.79 Å². The van der Waals surface area contributed by atoms with Crippen LogP contribution >= 0.6 is 0 Å². The zero-order valence-corrected chi connectivity index (χ0v) is 14.5. The van der Waals surface area contributed by atoms with Gasteiger partial charge in [0.05, 0.1) is 5.56 Å². The van der Waals surface area contributed by atoms with Crippen LogP contribution in [0.2, 0.25) is 0 Å². The van der Waals surface area contributed by atoms with Crippen molar-refractivity contribution in [2.24, 2.45) is 0 Å². The fourth-order valence-corrected chi connectivity index (χ4v) is 2.57. The quantitative estimate of drug-likeness (QED) is 0.467. The minimum atomic E-state index is -0.513. The number of esters is 1. The van der Waals surface area contributed by atoms with E-state index in [4.69, 9.17) is 14.2 Å². The van der Waals surface area contributed by atoms with E-state index in [0.29, 0.717) is 22.6 Å². The summed E-state index contributed by atoms with van der Waals surface area (Å²) in [5.41, 5.74) is 2.07. The maximum Gasteiger partial charge on any atom is 0.337 e. The van der Waals surface area contributed by atoms with E-state index in [0.717, 1.165) is 5.56 Å². The van der Waals surface area contributed by atoms with Gasteiger partial charge < -0.3 is 14.2 Å².